The first-order valence-electron chi connectivity index (χ1n) is 7.26. The van der Waals surface area contributed by atoms with Crippen LogP contribution in [0.4, 0.5) is 0 Å². The van der Waals surface area contributed by atoms with E-state index in [1.54, 1.807) is 0 Å². The Morgan fingerprint density at radius 1 is 1.00 bits per heavy atom. The average molecular weight is 238 g/mol. The molecule has 2 heterocycles. The van der Waals surface area contributed by atoms with E-state index in [9.17, 15) is 4.79 Å². The number of nitrogens with zero attached hydrogens (tertiary/aromatic N) is 2. The predicted octanol–water partition coefficient (Wildman–Crippen LogP) is 2.12. The lowest BCUT2D eigenvalue weighted by atomic mass is 9.99. The first-order valence-corrected chi connectivity index (χ1v) is 7.26. The fourth-order valence-corrected chi connectivity index (χ4v) is 2.83. The highest BCUT2D eigenvalue weighted by molar-refractivity contribution is 5.78. The van der Waals surface area contributed by atoms with Crippen molar-refractivity contribution in [2.75, 3.05) is 32.7 Å². The second-order valence-electron chi connectivity index (χ2n) is 5.75. The van der Waals surface area contributed by atoms with Gasteiger partial charge in [0.1, 0.15) is 0 Å². The summed E-state index contributed by atoms with van der Waals surface area (Å²) in [6.45, 7) is 7.17. The lowest BCUT2D eigenvalue weighted by Crippen LogP contribution is -2.43. The van der Waals surface area contributed by atoms with E-state index in [0.29, 0.717) is 12.5 Å². The number of hydrogen-bond acceptors (Lipinski definition) is 2. The lowest BCUT2D eigenvalue weighted by Gasteiger charge is -2.31. The fraction of sp³-hybridized carbons (Fsp3) is 0.929. The summed E-state index contributed by atoms with van der Waals surface area (Å²) in [5.74, 6) is 1.21. The van der Waals surface area contributed by atoms with Crippen LogP contribution < -0.4 is 0 Å². The number of carbonyl (C=O) groups is 1. The number of rotatable bonds is 2. The summed E-state index contributed by atoms with van der Waals surface area (Å²) in [4.78, 5) is 16.6. The van der Waals surface area contributed by atoms with Crippen molar-refractivity contribution in [1.29, 1.82) is 0 Å². The van der Waals surface area contributed by atoms with Crippen LogP contribution >= 0.6 is 0 Å². The molecule has 3 nitrogen and oxygen atoms in total. The molecule has 98 valence electrons. The van der Waals surface area contributed by atoms with Gasteiger partial charge in [-0.05, 0) is 44.7 Å². The molecule has 0 radical (unpaired) electrons. The van der Waals surface area contributed by atoms with E-state index in [1.165, 1.54) is 38.5 Å². The van der Waals surface area contributed by atoms with Crippen LogP contribution in [0.2, 0.25) is 0 Å². The third kappa shape index (κ3) is 3.98. The van der Waals surface area contributed by atoms with Crippen molar-refractivity contribution in [2.45, 2.75) is 45.4 Å². The van der Waals surface area contributed by atoms with Gasteiger partial charge in [-0.2, -0.15) is 0 Å². The van der Waals surface area contributed by atoms with Gasteiger partial charge in [0.2, 0.25) is 5.91 Å². The summed E-state index contributed by atoms with van der Waals surface area (Å²) in [6.07, 6.45) is 7.50. The van der Waals surface area contributed by atoms with Gasteiger partial charge in [0, 0.05) is 13.1 Å². The van der Waals surface area contributed by atoms with E-state index in [4.69, 9.17) is 0 Å². The van der Waals surface area contributed by atoms with Crippen LogP contribution in [0.25, 0.3) is 0 Å². The molecule has 1 amide bonds. The fourth-order valence-electron chi connectivity index (χ4n) is 2.83. The van der Waals surface area contributed by atoms with Gasteiger partial charge in [0.25, 0.3) is 0 Å². The first kappa shape index (κ1) is 12.9. The molecule has 2 aliphatic rings. The molecule has 2 saturated heterocycles. The molecule has 0 aliphatic carbocycles. The Bertz CT molecular complexity index is 239. The smallest absolute Gasteiger partial charge is 0.236 e. The van der Waals surface area contributed by atoms with Crippen LogP contribution in [-0.2, 0) is 4.79 Å². The van der Waals surface area contributed by atoms with E-state index in [-0.39, 0.29) is 0 Å². The Kier molecular flexibility index (Phi) is 4.84. The highest BCUT2D eigenvalue weighted by Crippen LogP contribution is 2.16. The SMILES string of the molecule is CC1CCN(CC(=O)N2CCCCCC2)CC1. The van der Waals surface area contributed by atoms with Crippen LogP contribution in [0.5, 0.6) is 0 Å². The molecule has 3 heteroatoms. The third-order valence-corrected chi connectivity index (χ3v) is 4.19. The Balaban J connectivity index is 1.75. The van der Waals surface area contributed by atoms with Crippen molar-refractivity contribution in [2.24, 2.45) is 5.92 Å². The second kappa shape index (κ2) is 6.39. The normalized spacial score (nSPS) is 24.6. The molecule has 0 spiro atoms. The van der Waals surface area contributed by atoms with Crippen molar-refractivity contribution in [3.8, 4) is 0 Å². The molecule has 0 unspecified atom stereocenters. The average Bonchev–Trinajstić information content (AvgIpc) is 2.61. The molecular weight excluding hydrogens is 212 g/mol. The summed E-state index contributed by atoms with van der Waals surface area (Å²) in [7, 11) is 0. The van der Waals surface area contributed by atoms with E-state index in [2.05, 4.69) is 16.7 Å². The van der Waals surface area contributed by atoms with Crippen LogP contribution in [0.15, 0.2) is 0 Å². The topological polar surface area (TPSA) is 23.6 Å². The first-order chi connectivity index (χ1) is 8.25. The van der Waals surface area contributed by atoms with Crippen LogP contribution in [0, 0.1) is 5.92 Å². The zero-order chi connectivity index (χ0) is 12.1. The number of carbonyl (C=O) groups excluding carboxylic acids is 1. The van der Waals surface area contributed by atoms with Gasteiger partial charge >= 0.3 is 0 Å². The summed E-state index contributed by atoms with van der Waals surface area (Å²) in [5, 5.41) is 0. The zero-order valence-electron chi connectivity index (χ0n) is 11.2. The molecular formula is C14H26N2O. The molecule has 0 atom stereocenters. The van der Waals surface area contributed by atoms with Gasteiger partial charge in [-0.3, -0.25) is 9.69 Å². The van der Waals surface area contributed by atoms with Crippen LogP contribution in [-0.4, -0.2) is 48.4 Å². The zero-order valence-corrected chi connectivity index (χ0v) is 11.2. The van der Waals surface area contributed by atoms with E-state index < -0.39 is 0 Å². The molecule has 2 rings (SSSR count). The third-order valence-electron chi connectivity index (χ3n) is 4.19. The molecule has 2 fully saturated rings. The van der Waals surface area contributed by atoms with Gasteiger partial charge in [-0.25, -0.2) is 0 Å². The monoisotopic (exact) mass is 238 g/mol. The van der Waals surface area contributed by atoms with Gasteiger partial charge in [0.05, 0.1) is 6.54 Å². The summed E-state index contributed by atoms with van der Waals surface area (Å²) < 4.78 is 0. The van der Waals surface area contributed by atoms with E-state index in [0.717, 1.165) is 32.1 Å². The summed E-state index contributed by atoms with van der Waals surface area (Å²) in [6, 6.07) is 0. The van der Waals surface area contributed by atoms with Gasteiger partial charge in [-0.15, -0.1) is 0 Å². The molecule has 0 aromatic carbocycles. The highest BCUT2D eigenvalue weighted by atomic mass is 16.2. The Labute approximate surface area is 105 Å². The number of amides is 1. The Hall–Kier alpha value is -0.570. The number of hydrogen-bond donors (Lipinski definition) is 0. The van der Waals surface area contributed by atoms with E-state index >= 15 is 0 Å². The molecule has 2 aliphatic heterocycles. The maximum atomic E-state index is 12.2. The van der Waals surface area contributed by atoms with Gasteiger partial charge < -0.3 is 4.90 Å². The minimum absolute atomic E-state index is 0.362. The van der Waals surface area contributed by atoms with Gasteiger partial charge in [0.15, 0.2) is 0 Å². The molecule has 0 aromatic heterocycles. The number of likely N-dealkylation sites (tertiary alicyclic amines) is 2. The van der Waals surface area contributed by atoms with Gasteiger partial charge in [-0.1, -0.05) is 19.8 Å². The standard InChI is InChI=1S/C14H26N2O/c1-13-6-10-15(11-7-13)12-14(17)16-8-4-2-3-5-9-16/h13H,2-12H2,1H3. The molecule has 17 heavy (non-hydrogen) atoms. The largest absolute Gasteiger partial charge is 0.342 e. The second-order valence-corrected chi connectivity index (χ2v) is 5.75. The Morgan fingerprint density at radius 2 is 1.59 bits per heavy atom. The molecule has 0 N–H and O–H groups in total. The maximum Gasteiger partial charge on any atom is 0.236 e. The minimum Gasteiger partial charge on any atom is -0.342 e. The molecule has 0 saturated carbocycles. The van der Waals surface area contributed by atoms with Crippen molar-refractivity contribution in [3.05, 3.63) is 0 Å². The van der Waals surface area contributed by atoms with Crippen molar-refractivity contribution >= 4 is 5.91 Å². The van der Waals surface area contributed by atoms with Crippen molar-refractivity contribution in [3.63, 3.8) is 0 Å². The van der Waals surface area contributed by atoms with Crippen LogP contribution in [0.3, 0.4) is 0 Å². The predicted molar refractivity (Wildman–Crippen MR) is 69.9 cm³/mol. The van der Waals surface area contributed by atoms with Crippen LogP contribution in [0.1, 0.15) is 45.4 Å². The molecule has 0 aromatic rings. The maximum absolute atomic E-state index is 12.2. The lowest BCUT2D eigenvalue weighted by molar-refractivity contribution is -0.132. The Morgan fingerprint density at radius 3 is 2.18 bits per heavy atom. The highest BCUT2D eigenvalue weighted by Gasteiger charge is 2.21. The van der Waals surface area contributed by atoms with E-state index in [1.807, 2.05) is 0 Å². The summed E-state index contributed by atoms with van der Waals surface area (Å²) >= 11 is 0. The number of piperidine rings is 1. The quantitative estimate of drug-likeness (QED) is 0.735. The summed E-state index contributed by atoms with van der Waals surface area (Å²) in [5.41, 5.74) is 0. The minimum atomic E-state index is 0.362. The van der Waals surface area contributed by atoms with Crippen molar-refractivity contribution < 1.29 is 4.79 Å². The molecule has 0 bridgehead atoms. The van der Waals surface area contributed by atoms with Crippen molar-refractivity contribution in [1.82, 2.24) is 9.80 Å².